The average Bonchev–Trinajstić information content (AvgIpc) is 3.02. The van der Waals surface area contributed by atoms with Crippen molar-refractivity contribution in [3.63, 3.8) is 0 Å². The Kier molecular flexibility index (Phi) is 6.69. The van der Waals surface area contributed by atoms with Crippen LogP contribution in [-0.4, -0.2) is 41.3 Å². The zero-order valence-electron chi connectivity index (χ0n) is 17.1. The van der Waals surface area contributed by atoms with Crippen LogP contribution in [0.1, 0.15) is 35.4 Å². The van der Waals surface area contributed by atoms with Crippen LogP contribution in [0.2, 0.25) is 0 Å². The maximum Gasteiger partial charge on any atom is 0.293 e. The number of ether oxygens (including phenoxy) is 1. The van der Waals surface area contributed by atoms with Crippen molar-refractivity contribution >= 4 is 44.9 Å². The molecular formula is C23H23BrN2O4S. The first-order valence-electron chi connectivity index (χ1n) is 10.1. The van der Waals surface area contributed by atoms with Gasteiger partial charge in [0.2, 0.25) is 0 Å². The van der Waals surface area contributed by atoms with Crippen LogP contribution in [0.25, 0.3) is 6.08 Å². The summed E-state index contributed by atoms with van der Waals surface area (Å²) in [6, 6.07) is 11.6. The van der Waals surface area contributed by atoms with E-state index in [-0.39, 0.29) is 16.9 Å². The van der Waals surface area contributed by atoms with E-state index in [1.807, 2.05) is 0 Å². The third kappa shape index (κ3) is 4.97. The molecular weight excluding hydrogens is 480 g/mol. The quantitative estimate of drug-likeness (QED) is 0.568. The SMILES string of the molecule is CN1C(=O)S/C(=C\c2cc(OCc3ccc(C4CCNCC4)cc3)c(O)cc2Br)C1=O. The fraction of sp³-hybridized carbons (Fsp3) is 0.304. The molecule has 0 spiro atoms. The van der Waals surface area contributed by atoms with Gasteiger partial charge in [-0.2, -0.15) is 0 Å². The molecule has 0 bridgehead atoms. The van der Waals surface area contributed by atoms with E-state index in [1.54, 1.807) is 12.1 Å². The Labute approximate surface area is 193 Å². The molecule has 2 heterocycles. The van der Waals surface area contributed by atoms with Gasteiger partial charge in [0.05, 0.1) is 4.91 Å². The zero-order chi connectivity index (χ0) is 22.0. The number of piperidine rings is 1. The standard InChI is InChI=1S/C23H23BrN2O4S/c1-26-22(28)21(31-23(26)29)11-17-10-20(19(27)12-18(17)24)30-13-14-2-4-15(5-3-14)16-6-8-25-9-7-16/h2-5,10-12,16,25,27H,6-9,13H2,1H3/b21-11-. The maximum absolute atomic E-state index is 12.2. The fourth-order valence-electron chi connectivity index (χ4n) is 3.67. The molecule has 31 heavy (non-hydrogen) atoms. The minimum absolute atomic E-state index is 0.000975. The van der Waals surface area contributed by atoms with Crippen molar-refractivity contribution in [2.45, 2.75) is 25.4 Å². The number of likely N-dealkylation sites (N-methyl/N-ethyl adjacent to an activating group) is 1. The van der Waals surface area contributed by atoms with Gasteiger partial charge in [0.15, 0.2) is 11.5 Å². The van der Waals surface area contributed by atoms with E-state index in [0.717, 1.165) is 48.2 Å². The first kappa shape index (κ1) is 21.9. The van der Waals surface area contributed by atoms with Crippen molar-refractivity contribution in [2.75, 3.05) is 20.1 Å². The fourth-order valence-corrected chi connectivity index (χ4v) is 4.94. The van der Waals surface area contributed by atoms with Gasteiger partial charge in [-0.25, -0.2) is 0 Å². The predicted molar refractivity (Wildman–Crippen MR) is 125 cm³/mol. The summed E-state index contributed by atoms with van der Waals surface area (Å²) < 4.78 is 6.46. The number of aromatic hydroxyl groups is 1. The molecule has 2 saturated heterocycles. The lowest BCUT2D eigenvalue weighted by atomic mass is 9.90. The lowest BCUT2D eigenvalue weighted by Gasteiger charge is -2.23. The summed E-state index contributed by atoms with van der Waals surface area (Å²) in [7, 11) is 1.45. The van der Waals surface area contributed by atoms with Gasteiger partial charge in [-0.1, -0.05) is 40.2 Å². The zero-order valence-corrected chi connectivity index (χ0v) is 19.5. The number of hydrogen-bond acceptors (Lipinski definition) is 6. The highest BCUT2D eigenvalue weighted by molar-refractivity contribution is 9.10. The van der Waals surface area contributed by atoms with E-state index in [0.29, 0.717) is 33.2 Å². The summed E-state index contributed by atoms with van der Waals surface area (Å²) in [4.78, 5) is 25.3. The molecule has 162 valence electrons. The van der Waals surface area contributed by atoms with Crippen LogP contribution in [0.5, 0.6) is 11.5 Å². The highest BCUT2D eigenvalue weighted by Crippen LogP contribution is 2.37. The molecule has 2 fully saturated rings. The summed E-state index contributed by atoms with van der Waals surface area (Å²) in [5, 5.41) is 13.4. The van der Waals surface area contributed by atoms with E-state index in [1.165, 1.54) is 18.7 Å². The van der Waals surface area contributed by atoms with Crippen LogP contribution in [0.4, 0.5) is 4.79 Å². The normalized spacial score (nSPS) is 18.8. The van der Waals surface area contributed by atoms with Gasteiger partial charge >= 0.3 is 0 Å². The van der Waals surface area contributed by atoms with Crippen LogP contribution < -0.4 is 10.1 Å². The first-order valence-corrected chi connectivity index (χ1v) is 11.7. The second kappa shape index (κ2) is 9.46. The molecule has 2 N–H and O–H groups in total. The first-order chi connectivity index (χ1) is 14.9. The third-order valence-electron chi connectivity index (χ3n) is 5.54. The monoisotopic (exact) mass is 502 g/mol. The highest BCUT2D eigenvalue weighted by atomic mass is 79.9. The van der Waals surface area contributed by atoms with Crippen molar-refractivity contribution in [3.05, 3.63) is 62.5 Å². The summed E-state index contributed by atoms with van der Waals surface area (Å²) in [6.07, 6.45) is 3.94. The molecule has 6 nitrogen and oxygen atoms in total. The number of thioether (sulfide) groups is 1. The highest BCUT2D eigenvalue weighted by Gasteiger charge is 2.32. The number of rotatable bonds is 5. The lowest BCUT2D eigenvalue weighted by molar-refractivity contribution is -0.121. The Morgan fingerprint density at radius 2 is 1.94 bits per heavy atom. The van der Waals surface area contributed by atoms with Crippen molar-refractivity contribution in [1.29, 1.82) is 0 Å². The van der Waals surface area contributed by atoms with Crippen LogP contribution in [-0.2, 0) is 11.4 Å². The molecule has 0 atom stereocenters. The Morgan fingerprint density at radius 3 is 2.58 bits per heavy atom. The lowest BCUT2D eigenvalue weighted by Crippen LogP contribution is -2.26. The van der Waals surface area contributed by atoms with E-state index >= 15 is 0 Å². The summed E-state index contributed by atoms with van der Waals surface area (Å²) >= 11 is 4.29. The molecule has 4 rings (SSSR count). The Hall–Kier alpha value is -2.29. The minimum atomic E-state index is -0.341. The van der Waals surface area contributed by atoms with E-state index in [4.69, 9.17) is 4.74 Å². The number of phenolic OH excluding ortho intramolecular Hbond substituents is 1. The molecule has 0 unspecified atom stereocenters. The van der Waals surface area contributed by atoms with Gasteiger partial charge in [-0.05, 0) is 78.5 Å². The molecule has 2 amide bonds. The van der Waals surface area contributed by atoms with Crippen molar-refractivity contribution in [2.24, 2.45) is 0 Å². The Balaban J connectivity index is 1.47. The van der Waals surface area contributed by atoms with Crippen LogP contribution in [0.15, 0.2) is 45.8 Å². The Bertz CT molecular complexity index is 1030. The van der Waals surface area contributed by atoms with Gasteiger partial charge in [-0.3, -0.25) is 14.5 Å². The summed E-state index contributed by atoms with van der Waals surface area (Å²) in [5.41, 5.74) is 3.01. The number of amides is 2. The second-order valence-electron chi connectivity index (χ2n) is 7.64. The smallest absolute Gasteiger partial charge is 0.293 e. The van der Waals surface area contributed by atoms with Crippen molar-refractivity contribution < 1.29 is 19.4 Å². The van der Waals surface area contributed by atoms with Gasteiger partial charge in [0.1, 0.15) is 6.61 Å². The number of benzene rings is 2. The number of nitrogens with one attached hydrogen (secondary N) is 1. The summed E-state index contributed by atoms with van der Waals surface area (Å²) in [6.45, 7) is 2.43. The molecule has 2 aromatic rings. The number of nitrogens with zero attached hydrogens (tertiary/aromatic N) is 1. The molecule has 0 saturated carbocycles. The van der Waals surface area contributed by atoms with Crippen molar-refractivity contribution in [1.82, 2.24) is 10.2 Å². The van der Waals surface area contributed by atoms with Gasteiger partial charge in [0, 0.05) is 11.5 Å². The molecule has 8 heteroatoms. The van der Waals surface area contributed by atoms with Crippen molar-refractivity contribution in [3.8, 4) is 11.5 Å². The number of hydrogen-bond donors (Lipinski definition) is 2. The number of phenols is 1. The minimum Gasteiger partial charge on any atom is -0.504 e. The molecule has 0 radical (unpaired) electrons. The average molecular weight is 503 g/mol. The third-order valence-corrected chi connectivity index (χ3v) is 7.18. The number of imide groups is 1. The number of carbonyl (C=O) groups excluding carboxylic acids is 2. The summed E-state index contributed by atoms with van der Waals surface area (Å²) in [5.74, 6) is 0.572. The van der Waals surface area contributed by atoms with E-state index in [2.05, 4.69) is 45.5 Å². The van der Waals surface area contributed by atoms with Crippen LogP contribution in [0, 0.1) is 0 Å². The Morgan fingerprint density at radius 1 is 1.23 bits per heavy atom. The molecule has 0 aliphatic carbocycles. The van der Waals surface area contributed by atoms with Crippen LogP contribution in [0.3, 0.4) is 0 Å². The van der Waals surface area contributed by atoms with Gasteiger partial charge in [0.25, 0.3) is 11.1 Å². The second-order valence-corrected chi connectivity index (χ2v) is 9.48. The maximum atomic E-state index is 12.2. The van der Waals surface area contributed by atoms with E-state index in [9.17, 15) is 14.7 Å². The molecule has 2 aliphatic rings. The topological polar surface area (TPSA) is 78.9 Å². The number of carbonyl (C=O) groups is 2. The largest absolute Gasteiger partial charge is 0.504 e. The number of halogens is 1. The molecule has 0 aromatic heterocycles. The van der Waals surface area contributed by atoms with Crippen LogP contribution >= 0.6 is 27.7 Å². The molecule has 2 aromatic carbocycles. The van der Waals surface area contributed by atoms with E-state index < -0.39 is 0 Å². The predicted octanol–water partition coefficient (Wildman–Crippen LogP) is 4.87. The van der Waals surface area contributed by atoms with Gasteiger partial charge in [-0.15, -0.1) is 0 Å². The molecule has 2 aliphatic heterocycles. The van der Waals surface area contributed by atoms with Gasteiger partial charge < -0.3 is 15.2 Å².